The molecule has 1 saturated heterocycles. The summed E-state index contributed by atoms with van der Waals surface area (Å²) in [5, 5.41) is 18.7. The number of hydrogen-bond donors (Lipinski definition) is 2. The fourth-order valence-corrected chi connectivity index (χ4v) is 4.79. The monoisotopic (exact) mass is 460 g/mol. The van der Waals surface area contributed by atoms with Crippen LogP contribution >= 0.6 is 0 Å². The molecule has 5 rings (SSSR count). The Balaban J connectivity index is 1.36. The van der Waals surface area contributed by atoms with E-state index in [1.54, 1.807) is 12.1 Å². The summed E-state index contributed by atoms with van der Waals surface area (Å²) in [7, 11) is 0. The second kappa shape index (κ2) is 9.75. The van der Waals surface area contributed by atoms with Crippen molar-refractivity contribution < 1.29 is 9.84 Å². The van der Waals surface area contributed by atoms with Gasteiger partial charge in [-0.25, -0.2) is 4.98 Å². The van der Waals surface area contributed by atoms with Gasteiger partial charge in [-0.1, -0.05) is 12.1 Å². The number of hydrogen-bond acceptors (Lipinski definition) is 8. The molecule has 1 aromatic carbocycles. The summed E-state index contributed by atoms with van der Waals surface area (Å²) in [6.45, 7) is 4.72. The first-order chi connectivity index (χ1) is 16.6. The van der Waals surface area contributed by atoms with Gasteiger partial charge in [0.25, 0.3) is 0 Å². The van der Waals surface area contributed by atoms with E-state index in [0.29, 0.717) is 29.2 Å². The molecule has 1 aliphatic heterocycles. The molecule has 0 amide bonds. The van der Waals surface area contributed by atoms with Crippen molar-refractivity contribution in [3.63, 3.8) is 0 Å². The lowest BCUT2D eigenvalue weighted by atomic mass is 9.96. The summed E-state index contributed by atoms with van der Waals surface area (Å²) in [4.78, 5) is 9.13. The van der Waals surface area contributed by atoms with Gasteiger partial charge in [-0.3, -0.25) is 0 Å². The van der Waals surface area contributed by atoms with Crippen LogP contribution in [-0.4, -0.2) is 52.1 Å². The number of para-hydroxylation sites is 1. The lowest BCUT2D eigenvalue weighted by Crippen LogP contribution is -2.41. The molecule has 34 heavy (non-hydrogen) atoms. The summed E-state index contributed by atoms with van der Waals surface area (Å²) in [5.74, 6) is 1.29. The highest BCUT2D eigenvalue weighted by atomic mass is 16.5. The topological polar surface area (TPSA) is 101 Å². The molecule has 8 heteroatoms. The van der Waals surface area contributed by atoms with Gasteiger partial charge in [0, 0.05) is 49.2 Å². The van der Waals surface area contributed by atoms with Crippen LogP contribution in [0.3, 0.4) is 0 Å². The van der Waals surface area contributed by atoms with Crippen LogP contribution in [0.15, 0.2) is 48.7 Å². The number of ether oxygens (including phenoxy) is 1. The molecule has 2 aliphatic rings. The van der Waals surface area contributed by atoms with E-state index in [1.807, 2.05) is 24.4 Å². The lowest BCUT2D eigenvalue weighted by Gasteiger charge is -2.33. The Bertz CT molecular complexity index is 1140. The molecular formula is C26H32N6O2. The van der Waals surface area contributed by atoms with Crippen molar-refractivity contribution in [1.82, 2.24) is 15.2 Å². The molecule has 1 aliphatic carbocycles. The summed E-state index contributed by atoms with van der Waals surface area (Å²) in [6.07, 6.45) is 7.87. The van der Waals surface area contributed by atoms with Gasteiger partial charge in [-0.2, -0.15) is 0 Å². The first kappa shape index (κ1) is 22.3. The summed E-state index contributed by atoms with van der Waals surface area (Å²) < 4.78 is 6.04. The summed E-state index contributed by atoms with van der Waals surface area (Å²) in [6, 6.07) is 13.6. The highest BCUT2D eigenvalue weighted by Gasteiger charge is 2.28. The second-order valence-electron chi connectivity index (χ2n) is 9.07. The van der Waals surface area contributed by atoms with Crippen molar-refractivity contribution in [1.29, 1.82) is 0 Å². The van der Waals surface area contributed by atoms with E-state index in [2.05, 4.69) is 44.0 Å². The number of aromatic nitrogens is 3. The van der Waals surface area contributed by atoms with Gasteiger partial charge in [0.15, 0.2) is 5.82 Å². The fourth-order valence-electron chi connectivity index (χ4n) is 4.79. The average Bonchev–Trinajstić information content (AvgIpc) is 3.29. The average molecular weight is 461 g/mol. The van der Waals surface area contributed by atoms with Crippen molar-refractivity contribution in [3.8, 4) is 22.9 Å². The fraction of sp³-hybridized carbons (Fsp3) is 0.423. The maximum Gasteiger partial charge on any atom is 0.215 e. The van der Waals surface area contributed by atoms with E-state index in [1.165, 1.54) is 6.42 Å². The van der Waals surface area contributed by atoms with Crippen LogP contribution in [0.1, 0.15) is 39.0 Å². The normalized spacial score (nSPS) is 18.0. The predicted octanol–water partition coefficient (Wildman–Crippen LogP) is 4.25. The van der Waals surface area contributed by atoms with Crippen LogP contribution in [0.4, 0.5) is 17.2 Å². The molecule has 178 valence electrons. The molecule has 2 fully saturated rings. The Morgan fingerprint density at radius 3 is 2.74 bits per heavy atom. The van der Waals surface area contributed by atoms with Crippen molar-refractivity contribution in [2.24, 2.45) is 0 Å². The number of benzene rings is 1. The third-order valence-electron chi connectivity index (χ3n) is 6.90. The number of rotatable bonds is 8. The standard InChI is InChI=1S/C26H32N6O2/c1-2-31(23-16-22(29-30-26(23)27)21-10-3-4-11-24(21)33)17-19-7-6-14-32(19)18-12-13-28-25(15-18)34-20-8-5-9-20/h3-4,10-13,15-16,19-20,33H,2,5-9,14,17H2,1H3,(H2,27,30). The van der Waals surface area contributed by atoms with E-state index in [-0.39, 0.29) is 5.75 Å². The van der Waals surface area contributed by atoms with E-state index < -0.39 is 0 Å². The first-order valence-electron chi connectivity index (χ1n) is 12.2. The number of pyridine rings is 1. The first-order valence-corrected chi connectivity index (χ1v) is 12.2. The van der Waals surface area contributed by atoms with Crippen molar-refractivity contribution in [3.05, 3.63) is 48.7 Å². The van der Waals surface area contributed by atoms with Crippen LogP contribution in [0.2, 0.25) is 0 Å². The Hall–Kier alpha value is -3.55. The molecular weight excluding hydrogens is 428 g/mol. The van der Waals surface area contributed by atoms with Gasteiger partial charge in [0.2, 0.25) is 5.88 Å². The van der Waals surface area contributed by atoms with Crippen LogP contribution < -0.4 is 20.3 Å². The van der Waals surface area contributed by atoms with Crippen molar-refractivity contribution >= 4 is 17.2 Å². The molecule has 1 saturated carbocycles. The zero-order valence-corrected chi connectivity index (χ0v) is 19.6. The Kier molecular flexibility index (Phi) is 6.38. The highest BCUT2D eigenvalue weighted by molar-refractivity contribution is 5.74. The quantitative estimate of drug-likeness (QED) is 0.514. The van der Waals surface area contributed by atoms with Crippen LogP contribution in [-0.2, 0) is 0 Å². The smallest absolute Gasteiger partial charge is 0.215 e. The molecule has 3 aromatic rings. The number of nitrogens with zero attached hydrogens (tertiary/aromatic N) is 5. The minimum absolute atomic E-state index is 0.176. The highest BCUT2D eigenvalue weighted by Crippen LogP contribution is 2.34. The predicted molar refractivity (Wildman–Crippen MR) is 134 cm³/mol. The lowest BCUT2D eigenvalue weighted by molar-refractivity contribution is 0.114. The Morgan fingerprint density at radius 2 is 1.97 bits per heavy atom. The molecule has 8 nitrogen and oxygen atoms in total. The zero-order valence-electron chi connectivity index (χ0n) is 19.6. The Morgan fingerprint density at radius 1 is 1.12 bits per heavy atom. The van der Waals surface area contributed by atoms with Gasteiger partial charge in [-0.05, 0) is 63.3 Å². The molecule has 3 heterocycles. The minimum atomic E-state index is 0.176. The summed E-state index contributed by atoms with van der Waals surface area (Å²) in [5.41, 5.74) is 9.51. The van der Waals surface area contributed by atoms with E-state index in [9.17, 15) is 5.11 Å². The number of phenolic OH excluding ortho intramolecular Hbond substituents is 1. The molecule has 1 atom stereocenters. The molecule has 3 N–H and O–H groups in total. The maximum atomic E-state index is 10.3. The van der Waals surface area contributed by atoms with Crippen molar-refractivity contribution in [2.75, 3.05) is 35.2 Å². The Labute approximate surface area is 200 Å². The van der Waals surface area contributed by atoms with E-state index >= 15 is 0 Å². The number of aromatic hydroxyl groups is 1. The SMILES string of the molecule is CCN(CC1CCCN1c1ccnc(OC2CCC2)c1)c1cc(-c2ccccc2O)nnc1N. The molecule has 0 radical (unpaired) electrons. The van der Waals surface area contributed by atoms with Crippen LogP contribution in [0, 0.1) is 0 Å². The number of nitrogens with two attached hydrogens (primary N) is 1. The van der Waals surface area contributed by atoms with E-state index in [0.717, 1.165) is 62.6 Å². The zero-order chi connectivity index (χ0) is 23.5. The van der Waals surface area contributed by atoms with Crippen LogP contribution in [0.25, 0.3) is 11.3 Å². The molecule has 0 spiro atoms. The third kappa shape index (κ3) is 4.58. The molecule has 1 unspecified atom stereocenters. The maximum absolute atomic E-state index is 10.3. The molecule has 0 bridgehead atoms. The minimum Gasteiger partial charge on any atom is -0.507 e. The van der Waals surface area contributed by atoms with Crippen LogP contribution in [0.5, 0.6) is 11.6 Å². The van der Waals surface area contributed by atoms with Crippen molar-refractivity contribution in [2.45, 2.75) is 51.2 Å². The van der Waals surface area contributed by atoms with Gasteiger partial charge in [0.05, 0.1) is 11.4 Å². The largest absolute Gasteiger partial charge is 0.507 e. The number of phenols is 1. The number of anilines is 3. The third-order valence-corrected chi connectivity index (χ3v) is 6.90. The van der Waals surface area contributed by atoms with Gasteiger partial charge >= 0.3 is 0 Å². The van der Waals surface area contributed by atoms with E-state index in [4.69, 9.17) is 10.5 Å². The molecule has 2 aromatic heterocycles. The summed E-state index contributed by atoms with van der Waals surface area (Å²) >= 11 is 0. The second-order valence-corrected chi connectivity index (χ2v) is 9.07. The van der Waals surface area contributed by atoms with Gasteiger partial charge in [-0.15, -0.1) is 10.2 Å². The van der Waals surface area contributed by atoms with Gasteiger partial charge < -0.3 is 25.4 Å². The number of nitrogen functional groups attached to an aromatic ring is 1. The number of likely N-dealkylation sites (N-methyl/N-ethyl adjacent to an activating group) is 1. The van der Waals surface area contributed by atoms with Gasteiger partial charge in [0.1, 0.15) is 11.9 Å².